The molecule has 0 saturated heterocycles. The Morgan fingerprint density at radius 2 is 1.86 bits per heavy atom. The molecule has 0 aromatic carbocycles. The van der Waals surface area contributed by atoms with Crippen LogP contribution >= 0.6 is 0 Å². The second-order valence-corrected chi connectivity index (χ2v) is 3.53. The van der Waals surface area contributed by atoms with Crippen LogP contribution in [0.5, 0.6) is 0 Å². The molecule has 0 bridgehead atoms. The number of hydrogen-bond acceptors (Lipinski definition) is 4. The van der Waals surface area contributed by atoms with Crippen molar-refractivity contribution in [3.8, 4) is 0 Å². The Morgan fingerprint density at radius 3 is 2.21 bits per heavy atom. The minimum Gasteiger partial charge on any atom is -0.469 e. The number of esters is 1. The summed E-state index contributed by atoms with van der Waals surface area (Å²) in [6.07, 6.45) is 0.824. The fraction of sp³-hybridized carbons (Fsp3) is 0.700. The number of hydrogen-bond donors (Lipinski definition) is 0. The molecule has 4 heteroatoms. The van der Waals surface area contributed by atoms with E-state index >= 15 is 0 Å². The van der Waals surface area contributed by atoms with E-state index < -0.39 is 11.4 Å². The standard InChI is InChI=1S/C10H14O4/c1-3-10(6-9(13)14-2)7(11)4-5-8(10)12/h3-6H2,1-2H3. The normalized spacial score (nSPS) is 19.9. The highest BCUT2D eigenvalue weighted by molar-refractivity contribution is 6.14. The average Bonchev–Trinajstić information content (AvgIpc) is 2.46. The molecule has 0 aromatic heterocycles. The van der Waals surface area contributed by atoms with Gasteiger partial charge in [-0.25, -0.2) is 0 Å². The molecule has 0 spiro atoms. The van der Waals surface area contributed by atoms with Crippen molar-refractivity contribution >= 4 is 17.5 Å². The van der Waals surface area contributed by atoms with Crippen LogP contribution in [-0.4, -0.2) is 24.6 Å². The molecule has 1 aliphatic carbocycles. The Bertz CT molecular complexity index is 264. The maximum Gasteiger partial charge on any atom is 0.306 e. The number of ketones is 2. The van der Waals surface area contributed by atoms with E-state index in [1.54, 1.807) is 6.92 Å². The van der Waals surface area contributed by atoms with E-state index in [2.05, 4.69) is 4.74 Å². The van der Waals surface area contributed by atoms with Crippen LogP contribution < -0.4 is 0 Å². The largest absolute Gasteiger partial charge is 0.469 e. The quantitative estimate of drug-likeness (QED) is 0.499. The van der Waals surface area contributed by atoms with Gasteiger partial charge in [0.25, 0.3) is 0 Å². The van der Waals surface area contributed by atoms with Crippen molar-refractivity contribution in [1.29, 1.82) is 0 Å². The zero-order chi connectivity index (χ0) is 10.8. The summed E-state index contributed by atoms with van der Waals surface area (Å²) in [6, 6.07) is 0. The second-order valence-electron chi connectivity index (χ2n) is 3.53. The molecule has 0 aromatic rings. The Morgan fingerprint density at radius 1 is 1.36 bits per heavy atom. The van der Waals surface area contributed by atoms with Crippen LogP contribution in [0.25, 0.3) is 0 Å². The lowest BCUT2D eigenvalue weighted by Gasteiger charge is -2.22. The van der Waals surface area contributed by atoms with E-state index in [1.165, 1.54) is 7.11 Å². The molecule has 0 unspecified atom stereocenters. The fourth-order valence-corrected chi connectivity index (χ4v) is 1.90. The minimum atomic E-state index is -1.08. The van der Waals surface area contributed by atoms with Gasteiger partial charge in [0.05, 0.1) is 18.9 Å². The van der Waals surface area contributed by atoms with Crippen molar-refractivity contribution in [2.75, 3.05) is 7.11 Å². The highest BCUT2D eigenvalue weighted by atomic mass is 16.5. The Balaban J connectivity index is 2.89. The van der Waals surface area contributed by atoms with E-state index in [4.69, 9.17) is 0 Å². The van der Waals surface area contributed by atoms with Crippen molar-refractivity contribution in [2.24, 2.45) is 5.41 Å². The summed E-state index contributed by atoms with van der Waals surface area (Å²) >= 11 is 0. The molecule has 1 fully saturated rings. The maximum atomic E-state index is 11.6. The molecule has 0 radical (unpaired) electrons. The summed E-state index contributed by atoms with van der Waals surface area (Å²) in [5.74, 6) is -0.721. The van der Waals surface area contributed by atoms with Crippen molar-refractivity contribution in [3.63, 3.8) is 0 Å². The monoisotopic (exact) mass is 198 g/mol. The third-order valence-electron chi connectivity index (χ3n) is 2.92. The summed E-state index contributed by atoms with van der Waals surface area (Å²) in [4.78, 5) is 34.2. The van der Waals surface area contributed by atoms with Gasteiger partial charge < -0.3 is 4.74 Å². The molecule has 0 aliphatic heterocycles. The Labute approximate surface area is 82.6 Å². The molecule has 1 saturated carbocycles. The lowest BCUT2D eigenvalue weighted by molar-refractivity contribution is -0.150. The van der Waals surface area contributed by atoms with Crippen LogP contribution in [0.1, 0.15) is 32.6 Å². The van der Waals surface area contributed by atoms with Crippen LogP contribution in [-0.2, 0) is 19.1 Å². The lowest BCUT2D eigenvalue weighted by Crippen LogP contribution is -2.35. The maximum absolute atomic E-state index is 11.6. The second kappa shape index (κ2) is 3.90. The van der Waals surface area contributed by atoms with Gasteiger partial charge in [0.15, 0.2) is 0 Å². The van der Waals surface area contributed by atoms with Gasteiger partial charge in [-0.05, 0) is 6.42 Å². The molecule has 0 amide bonds. The predicted molar refractivity (Wildman–Crippen MR) is 48.6 cm³/mol. The van der Waals surface area contributed by atoms with Crippen LogP contribution in [0, 0.1) is 5.41 Å². The summed E-state index contributed by atoms with van der Waals surface area (Å²) in [7, 11) is 1.26. The molecule has 4 nitrogen and oxygen atoms in total. The first-order chi connectivity index (χ1) is 6.56. The highest BCUT2D eigenvalue weighted by Gasteiger charge is 2.49. The third-order valence-corrected chi connectivity index (χ3v) is 2.92. The number of rotatable bonds is 3. The molecule has 1 aliphatic rings. The number of methoxy groups -OCH3 is 1. The van der Waals surface area contributed by atoms with Gasteiger partial charge in [-0.2, -0.15) is 0 Å². The fourth-order valence-electron chi connectivity index (χ4n) is 1.90. The van der Waals surface area contributed by atoms with Gasteiger partial charge >= 0.3 is 5.97 Å². The molecule has 14 heavy (non-hydrogen) atoms. The summed E-state index contributed by atoms with van der Waals surface area (Å²) in [6.45, 7) is 1.75. The van der Waals surface area contributed by atoms with Crippen molar-refractivity contribution in [1.82, 2.24) is 0 Å². The van der Waals surface area contributed by atoms with Gasteiger partial charge in [0.1, 0.15) is 11.6 Å². The van der Waals surface area contributed by atoms with Gasteiger partial charge in [-0.15, -0.1) is 0 Å². The van der Waals surface area contributed by atoms with E-state index in [0.29, 0.717) is 6.42 Å². The summed E-state index contributed by atoms with van der Waals surface area (Å²) in [5.41, 5.74) is -1.08. The molecule has 78 valence electrons. The summed E-state index contributed by atoms with van der Waals surface area (Å²) < 4.78 is 4.49. The SMILES string of the molecule is CCC1(CC(=O)OC)C(=O)CCC1=O. The first kappa shape index (κ1) is 10.9. The average molecular weight is 198 g/mol. The van der Waals surface area contributed by atoms with Gasteiger partial charge in [0.2, 0.25) is 0 Å². The van der Waals surface area contributed by atoms with Gasteiger partial charge in [-0.3, -0.25) is 14.4 Å². The van der Waals surface area contributed by atoms with Crippen molar-refractivity contribution in [3.05, 3.63) is 0 Å². The predicted octanol–water partition coefficient (Wildman–Crippen LogP) is 0.878. The Kier molecular flexibility index (Phi) is 3.03. The van der Waals surface area contributed by atoms with Crippen LogP contribution in [0.3, 0.4) is 0 Å². The third kappa shape index (κ3) is 1.56. The zero-order valence-electron chi connectivity index (χ0n) is 8.46. The minimum absolute atomic E-state index is 0.0995. The van der Waals surface area contributed by atoms with E-state index in [-0.39, 0.29) is 30.8 Å². The van der Waals surface area contributed by atoms with Crippen LogP contribution in [0.4, 0.5) is 0 Å². The number of carbonyl (C=O) groups excluding carboxylic acids is 3. The molecular weight excluding hydrogens is 184 g/mol. The first-order valence-electron chi connectivity index (χ1n) is 4.70. The smallest absolute Gasteiger partial charge is 0.306 e. The number of carbonyl (C=O) groups is 3. The molecular formula is C10H14O4. The van der Waals surface area contributed by atoms with E-state index in [1.807, 2.05) is 0 Å². The molecule has 0 N–H and O–H groups in total. The molecule has 0 atom stereocenters. The lowest BCUT2D eigenvalue weighted by atomic mass is 9.78. The van der Waals surface area contributed by atoms with E-state index in [0.717, 1.165) is 0 Å². The highest BCUT2D eigenvalue weighted by Crippen LogP contribution is 2.38. The van der Waals surface area contributed by atoms with Crippen molar-refractivity contribution < 1.29 is 19.1 Å². The summed E-state index contributed by atoms with van der Waals surface area (Å²) in [5, 5.41) is 0. The Hall–Kier alpha value is -1.19. The van der Waals surface area contributed by atoms with E-state index in [9.17, 15) is 14.4 Å². The topological polar surface area (TPSA) is 60.4 Å². The number of ether oxygens (including phenoxy) is 1. The first-order valence-corrected chi connectivity index (χ1v) is 4.70. The molecule has 0 heterocycles. The zero-order valence-corrected chi connectivity index (χ0v) is 8.46. The van der Waals surface area contributed by atoms with Gasteiger partial charge in [0, 0.05) is 12.8 Å². The molecule has 1 rings (SSSR count). The van der Waals surface area contributed by atoms with Crippen LogP contribution in [0.2, 0.25) is 0 Å². The number of Topliss-reactive ketones (excluding diaryl/α,β-unsaturated/α-hetero) is 2. The van der Waals surface area contributed by atoms with Gasteiger partial charge in [-0.1, -0.05) is 6.92 Å². The van der Waals surface area contributed by atoms with Crippen molar-refractivity contribution in [2.45, 2.75) is 32.6 Å². The van der Waals surface area contributed by atoms with Crippen LogP contribution in [0.15, 0.2) is 0 Å².